The average molecular weight is 248 g/mol. The third-order valence-corrected chi connectivity index (χ3v) is 4.52. The molecule has 0 saturated heterocycles. The number of carbonyl (C=O) groups is 1. The van der Waals surface area contributed by atoms with E-state index < -0.39 is 0 Å². The molecular formula is C14H20N2O2. The van der Waals surface area contributed by atoms with Gasteiger partial charge in [-0.05, 0) is 42.6 Å². The number of aromatic amines is 1. The van der Waals surface area contributed by atoms with Crippen LogP contribution in [0, 0.1) is 17.8 Å². The number of rotatable bonds is 5. The standard InChI is InChI=1S/C14H20N2O2/c17-14(18-4-3-11-8-15-16-9-11)7-13-6-10-1-2-12(13)5-10/h8-10,12-13H,1-7H2,(H,15,16)/t10-,12-,13+/m0/s1. The van der Waals surface area contributed by atoms with Gasteiger partial charge < -0.3 is 4.74 Å². The average Bonchev–Trinajstić information content (AvgIpc) is 3.04. The summed E-state index contributed by atoms with van der Waals surface area (Å²) in [5, 5.41) is 6.62. The van der Waals surface area contributed by atoms with Crippen molar-refractivity contribution in [1.82, 2.24) is 10.2 Å². The summed E-state index contributed by atoms with van der Waals surface area (Å²) < 4.78 is 5.30. The van der Waals surface area contributed by atoms with Crippen molar-refractivity contribution < 1.29 is 9.53 Å². The van der Waals surface area contributed by atoms with Crippen LogP contribution in [-0.2, 0) is 16.0 Å². The van der Waals surface area contributed by atoms with Crippen LogP contribution in [0.1, 0.15) is 37.7 Å². The largest absolute Gasteiger partial charge is 0.465 e. The molecule has 98 valence electrons. The lowest BCUT2D eigenvalue weighted by Crippen LogP contribution is -2.17. The minimum atomic E-state index is -0.0176. The molecule has 2 aliphatic rings. The molecule has 18 heavy (non-hydrogen) atoms. The number of esters is 1. The van der Waals surface area contributed by atoms with Crippen LogP contribution < -0.4 is 0 Å². The summed E-state index contributed by atoms with van der Waals surface area (Å²) in [6.07, 6.45) is 10.3. The van der Waals surface area contributed by atoms with Gasteiger partial charge >= 0.3 is 5.97 Å². The maximum absolute atomic E-state index is 11.8. The first kappa shape index (κ1) is 11.8. The molecule has 0 aliphatic heterocycles. The lowest BCUT2D eigenvalue weighted by atomic mass is 9.86. The van der Waals surface area contributed by atoms with Crippen LogP contribution in [0.15, 0.2) is 12.4 Å². The van der Waals surface area contributed by atoms with Crippen LogP contribution in [0.3, 0.4) is 0 Å². The van der Waals surface area contributed by atoms with E-state index in [2.05, 4.69) is 10.2 Å². The molecule has 2 fully saturated rings. The van der Waals surface area contributed by atoms with E-state index in [1.54, 1.807) is 6.20 Å². The summed E-state index contributed by atoms with van der Waals surface area (Å²) in [5.74, 6) is 2.29. The number of H-pyrrole nitrogens is 1. The minimum absolute atomic E-state index is 0.0176. The van der Waals surface area contributed by atoms with Crippen molar-refractivity contribution in [1.29, 1.82) is 0 Å². The van der Waals surface area contributed by atoms with Gasteiger partial charge in [0, 0.05) is 19.0 Å². The zero-order valence-electron chi connectivity index (χ0n) is 10.6. The van der Waals surface area contributed by atoms with Crippen molar-refractivity contribution in [3.8, 4) is 0 Å². The van der Waals surface area contributed by atoms with Crippen molar-refractivity contribution in [3.63, 3.8) is 0 Å². The summed E-state index contributed by atoms with van der Waals surface area (Å²) in [6, 6.07) is 0. The van der Waals surface area contributed by atoms with E-state index in [9.17, 15) is 4.79 Å². The van der Waals surface area contributed by atoms with Crippen LogP contribution in [-0.4, -0.2) is 22.8 Å². The van der Waals surface area contributed by atoms with Gasteiger partial charge in [0.2, 0.25) is 0 Å². The molecule has 1 aromatic heterocycles. The molecule has 1 heterocycles. The number of nitrogens with one attached hydrogen (secondary N) is 1. The highest BCUT2D eigenvalue weighted by molar-refractivity contribution is 5.69. The van der Waals surface area contributed by atoms with Crippen molar-refractivity contribution >= 4 is 5.97 Å². The fraction of sp³-hybridized carbons (Fsp3) is 0.714. The fourth-order valence-electron chi connectivity index (χ4n) is 3.60. The number of fused-ring (bicyclic) bond motifs is 2. The Morgan fingerprint density at radius 3 is 3.06 bits per heavy atom. The maximum atomic E-state index is 11.8. The zero-order chi connectivity index (χ0) is 12.4. The third kappa shape index (κ3) is 2.57. The third-order valence-electron chi connectivity index (χ3n) is 4.52. The predicted octanol–water partition coefficient (Wildman–Crippen LogP) is 2.32. The van der Waals surface area contributed by atoms with Gasteiger partial charge in [0.25, 0.3) is 0 Å². The molecule has 0 radical (unpaired) electrons. The quantitative estimate of drug-likeness (QED) is 0.814. The van der Waals surface area contributed by atoms with E-state index in [0.29, 0.717) is 18.9 Å². The van der Waals surface area contributed by atoms with Gasteiger partial charge in [-0.2, -0.15) is 5.10 Å². The van der Waals surface area contributed by atoms with Gasteiger partial charge in [0.15, 0.2) is 0 Å². The number of hydrogen-bond acceptors (Lipinski definition) is 3. The number of ether oxygens (including phenoxy) is 1. The van der Waals surface area contributed by atoms with Crippen molar-refractivity contribution in [3.05, 3.63) is 18.0 Å². The molecule has 0 amide bonds. The second-order valence-electron chi connectivity index (χ2n) is 5.72. The zero-order valence-corrected chi connectivity index (χ0v) is 10.6. The maximum Gasteiger partial charge on any atom is 0.306 e. The van der Waals surface area contributed by atoms with Crippen molar-refractivity contribution in [2.24, 2.45) is 17.8 Å². The van der Waals surface area contributed by atoms with Crippen LogP contribution in [0.5, 0.6) is 0 Å². The first-order chi connectivity index (χ1) is 8.81. The van der Waals surface area contributed by atoms with Gasteiger partial charge in [-0.1, -0.05) is 6.42 Å². The highest BCUT2D eigenvalue weighted by atomic mass is 16.5. The Labute approximate surface area is 107 Å². The van der Waals surface area contributed by atoms with Crippen LogP contribution >= 0.6 is 0 Å². The SMILES string of the molecule is O=C(C[C@H]1C[C@H]2CC[C@H]1C2)OCCc1cn[nH]c1. The molecule has 4 nitrogen and oxygen atoms in total. The first-order valence-corrected chi connectivity index (χ1v) is 6.94. The number of carbonyl (C=O) groups excluding carboxylic acids is 1. The molecule has 2 aliphatic carbocycles. The molecule has 0 aromatic carbocycles. The minimum Gasteiger partial charge on any atom is -0.465 e. The van der Waals surface area contributed by atoms with Crippen LogP contribution in [0.2, 0.25) is 0 Å². The lowest BCUT2D eigenvalue weighted by molar-refractivity contribution is -0.145. The second kappa shape index (κ2) is 5.12. The van der Waals surface area contributed by atoms with E-state index in [-0.39, 0.29) is 5.97 Å². The normalized spacial score (nSPS) is 29.7. The van der Waals surface area contributed by atoms with Gasteiger partial charge in [0.05, 0.1) is 12.8 Å². The van der Waals surface area contributed by atoms with E-state index in [1.807, 2.05) is 6.20 Å². The Bertz CT molecular complexity index is 402. The molecular weight excluding hydrogens is 228 g/mol. The van der Waals surface area contributed by atoms with Gasteiger partial charge in [-0.3, -0.25) is 9.89 Å². The number of nitrogens with zero attached hydrogens (tertiary/aromatic N) is 1. The number of hydrogen-bond donors (Lipinski definition) is 1. The fourth-order valence-corrected chi connectivity index (χ4v) is 3.60. The summed E-state index contributed by atoms with van der Waals surface area (Å²) in [4.78, 5) is 11.8. The Morgan fingerprint density at radius 2 is 2.39 bits per heavy atom. The molecule has 2 saturated carbocycles. The molecule has 3 atom stereocenters. The molecule has 0 unspecified atom stereocenters. The summed E-state index contributed by atoms with van der Waals surface area (Å²) in [7, 11) is 0. The summed E-state index contributed by atoms with van der Waals surface area (Å²) in [6.45, 7) is 0.471. The molecule has 3 rings (SSSR count). The van der Waals surface area contributed by atoms with Gasteiger partial charge in [-0.25, -0.2) is 0 Å². The number of aromatic nitrogens is 2. The highest BCUT2D eigenvalue weighted by Gasteiger charge is 2.40. The van der Waals surface area contributed by atoms with Crippen molar-refractivity contribution in [2.45, 2.75) is 38.5 Å². The second-order valence-corrected chi connectivity index (χ2v) is 5.72. The van der Waals surface area contributed by atoms with Crippen LogP contribution in [0.4, 0.5) is 0 Å². The highest BCUT2D eigenvalue weighted by Crippen LogP contribution is 2.49. The predicted molar refractivity (Wildman–Crippen MR) is 66.8 cm³/mol. The summed E-state index contributed by atoms with van der Waals surface area (Å²) >= 11 is 0. The molecule has 4 heteroatoms. The Morgan fingerprint density at radius 1 is 1.44 bits per heavy atom. The topological polar surface area (TPSA) is 55.0 Å². The Kier molecular flexibility index (Phi) is 3.35. The molecule has 1 aromatic rings. The van der Waals surface area contributed by atoms with Gasteiger partial charge in [0.1, 0.15) is 0 Å². The lowest BCUT2D eigenvalue weighted by Gasteiger charge is -2.20. The van der Waals surface area contributed by atoms with E-state index in [1.165, 1.54) is 25.7 Å². The van der Waals surface area contributed by atoms with E-state index in [4.69, 9.17) is 4.74 Å². The first-order valence-electron chi connectivity index (χ1n) is 6.94. The smallest absolute Gasteiger partial charge is 0.306 e. The molecule has 0 spiro atoms. The van der Waals surface area contributed by atoms with Crippen molar-refractivity contribution in [2.75, 3.05) is 6.61 Å². The Hall–Kier alpha value is -1.32. The van der Waals surface area contributed by atoms with Gasteiger partial charge in [-0.15, -0.1) is 0 Å². The summed E-state index contributed by atoms with van der Waals surface area (Å²) in [5.41, 5.74) is 1.09. The van der Waals surface area contributed by atoms with E-state index in [0.717, 1.165) is 23.8 Å². The van der Waals surface area contributed by atoms with Crippen LogP contribution in [0.25, 0.3) is 0 Å². The monoisotopic (exact) mass is 248 g/mol. The molecule has 1 N–H and O–H groups in total. The molecule has 2 bridgehead atoms. The van der Waals surface area contributed by atoms with E-state index >= 15 is 0 Å². The Balaban J connectivity index is 1.37.